The molecule has 5 aliphatic carbocycles. The van der Waals surface area contributed by atoms with Gasteiger partial charge in [-0.2, -0.15) is 0 Å². The molecule has 4 atom stereocenters. The van der Waals surface area contributed by atoms with Crippen LogP contribution in [-0.4, -0.2) is 8.07 Å². The summed E-state index contributed by atoms with van der Waals surface area (Å²) in [6.45, 7) is 7.73. The van der Waals surface area contributed by atoms with Crippen LogP contribution in [0.25, 0.3) is 94.0 Å². The van der Waals surface area contributed by atoms with Gasteiger partial charge in [0.2, 0.25) is 0 Å². The molecule has 0 fully saturated rings. The van der Waals surface area contributed by atoms with E-state index < -0.39 is 8.07 Å². The van der Waals surface area contributed by atoms with Crippen LogP contribution in [0.4, 0.5) is 0 Å². The van der Waals surface area contributed by atoms with Gasteiger partial charge < -0.3 is 0 Å². The molecule has 9 aromatic rings. The first-order valence-electron chi connectivity index (χ1n) is 24.2. The summed E-state index contributed by atoms with van der Waals surface area (Å²) in [6.07, 6.45) is 14.3. The maximum atomic E-state index is 2.72. The lowest BCUT2D eigenvalue weighted by Gasteiger charge is -2.40. The molecular formula is C65H48Si. The van der Waals surface area contributed by atoms with Gasteiger partial charge in [0, 0.05) is 11.8 Å². The van der Waals surface area contributed by atoms with Gasteiger partial charge >= 0.3 is 0 Å². The van der Waals surface area contributed by atoms with Crippen molar-refractivity contribution in [2.24, 2.45) is 11.8 Å². The van der Waals surface area contributed by atoms with Gasteiger partial charge in [0.25, 0.3) is 0 Å². The normalized spacial score (nSPS) is 20.9. The van der Waals surface area contributed by atoms with Gasteiger partial charge in [-0.3, -0.25) is 0 Å². The fourth-order valence-electron chi connectivity index (χ4n) is 14.2. The molecule has 0 saturated heterocycles. The van der Waals surface area contributed by atoms with Crippen LogP contribution in [-0.2, 0) is 6.42 Å². The lowest BCUT2D eigenvalue weighted by molar-refractivity contribution is 0.400. The van der Waals surface area contributed by atoms with E-state index in [1.54, 1.807) is 21.5 Å². The first kappa shape index (κ1) is 37.2. The van der Waals surface area contributed by atoms with Crippen molar-refractivity contribution in [2.45, 2.75) is 44.7 Å². The topological polar surface area (TPSA) is 0 Å². The minimum atomic E-state index is -2.05. The Morgan fingerprint density at radius 2 is 1.21 bits per heavy atom. The highest BCUT2D eigenvalue weighted by Gasteiger charge is 2.45. The number of allylic oxidation sites excluding steroid dienone is 7. The van der Waals surface area contributed by atoms with Crippen LogP contribution in [0.5, 0.6) is 0 Å². The van der Waals surface area contributed by atoms with E-state index in [2.05, 4.69) is 208 Å². The lowest BCUT2D eigenvalue weighted by Crippen LogP contribution is -2.49. The largest absolute Gasteiger partial charge is 0.113 e. The molecule has 1 heterocycles. The van der Waals surface area contributed by atoms with Crippen LogP contribution < -0.4 is 10.4 Å². The Kier molecular flexibility index (Phi) is 7.48. The number of hydrogen-bond acceptors (Lipinski definition) is 0. The first-order valence-corrected chi connectivity index (χ1v) is 27.2. The molecule has 15 rings (SSSR count). The highest BCUT2D eigenvalue weighted by molar-refractivity contribution is 7.04. The summed E-state index contributed by atoms with van der Waals surface area (Å²) in [5.41, 5.74) is 24.2. The molecule has 9 aromatic carbocycles. The van der Waals surface area contributed by atoms with Gasteiger partial charge in [0.15, 0.2) is 0 Å². The van der Waals surface area contributed by atoms with Gasteiger partial charge in [-0.1, -0.05) is 196 Å². The lowest BCUT2D eigenvalue weighted by atomic mass is 9.63. The zero-order valence-corrected chi connectivity index (χ0v) is 38.6. The Morgan fingerprint density at radius 1 is 0.500 bits per heavy atom. The quantitative estimate of drug-likeness (QED) is 0.123. The smallest absolute Gasteiger partial charge is 0.0763 e. The predicted octanol–water partition coefficient (Wildman–Crippen LogP) is 15.8. The van der Waals surface area contributed by atoms with E-state index in [0.717, 1.165) is 12.8 Å². The molecule has 0 aromatic heterocycles. The summed E-state index contributed by atoms with van der Waals surface area (Å²) in [7, 11) is -2.05. The highest BCUT2D eigenvalue weighted by Crippen LogP contribution is 2.61. The van der Waals surface area contributed by atoms with Gasteiger partial charge in [0.05, 0.1) is 0 Å². The van der Waals surface area contributed by atoms with Crippen LogP contribution in [0.3, 0.4) is 0 Å². The molecular weight excluding hydrogens is 809 g/mol. The zero-order chi connectivity index (χ0) is 43.6. The van der Waals surface area contributed by atoms with E-state index in [0.29, 0.717) is 17.8 Å². The average molecular weight is 857 g/mol. The van der Waals surface area contributed by atoms with Gasteiger partial charge in [-0.05, 0) is 174 Å². The Morgan fingerprint density at radius 3 is 2.08 bits per heavy atom. The maximum absolute atomic E-state index is 2.72. The minimum Gasteiger partial charge on any atom is -0.0763 e. The maximum Gasteiger partial charge on any atom is 0.113 e. The molecule has 0 nitrogen and oxygen atoms in total. The van der Waals surface area contributed by atoms with Crippen molar-refractivity contribution >= 4 is 68.0 Å². The van der Waals surface area contributed by atoms with Crippen LogP contribution in [0.2, 0.25) is 13.1 Å². The Bertz CT molecular complexity index is 3800. The standard InChI is InChI=1S/C65H48Si/c1-37-32-55-45-19-9-8-18-44(45)48-22-13-24-53(63(48)55)61(37)65-52-29-28-41(40-27-26-38-14-4-5-15-39(38)33-40)34-56(52)64(58-36-60-54(35-57(58)65)46-20-10-11-25-59(46)66(60,2)3)51-31-30-50-43-17-7-6-16-42(43)47-21-12-23-49(51)62(47)50/h4-31,34-37,40,53,61H,32-33H2,1-3H3. The first-order chi connectivity index (χ1) is 32.4. The van der Waals surface area contributed by atoms with Crippen molar-refractivity contribution in [3.63, 3.8) is 0 Å². The Hall–Kier alpha value is -7.06. The second kappa shape index (κ2) is 13.3. The van der Waals surface area contributed by atoms with Crippen molar-refractivity contribution in [1.29, 1.82) is 0 Å². The Balaban J connectivity index is 1.07. The molecule has 0 spiro atoms. The molecule has 0 saturated carbocycles. The van der Waals surface area contributed by atoms with Gasteiger partial charge in [-0.25, -0.2) is 0 Å². The summed E-state index contributed by atoms with van der Waals surface area (Å²) in [4.78, 5) is 0. The van der Waals surface area contributed by atoms with Crippen molar-refractivity contribution in [3.8, 4) is 44.5 Å². The second-order valence-electron chi connectivity index (χ2n) is 20.6. The van der Waals surface area contributed by atoms with Crippen LogP contribution >= 0.6 is 0 Å². The molecule has 4 unspecified atom stereocenters. The van der Waals surface area contributed by atoms with E-state index in [1.807, 2.05) is 0 Å². The van der Waals surface area contributed by atoms with E-state index in [4.69, 9.17) is 0 Å². The fourth-order valence-corrected chi connectivity index (χ4v) is 17.2. The van der Waals surface area contributed by atoms with Crippen LogP contribution in [0, 0.1) is 11.8 Å². The third kappa shape index (κ3) is 4.84. The Labute approximate surface area is 388 Å². The van der Waals surface area contributed by atoms with Crippen LogP contribution in [0.15, 0.2) is 188 Å². The van der Waals surface area contributed by atoms with Crippen molar-refractivity contribution in [1.82, 2.24) is 0 Å². The van der Waals surface area contributed by atoms with Crippen LogP contribution in [0.1, 0.15) is 58.6 Å². The number of hydrogen-bond donors (Lipinski definition) is 0. The monoisotopic (exact) mass is 856 g/mol. The average Bonchev–Trinajstić information content (AvgIpc) is 3.94. The summed E-state index contributed by atoms with van der Waals surface area (Å²) >= 11 is 0. The summed E-state index contributed by atoms with van der Waals surface area (Å²) in [5, 5.41) is 11.5. The molecule has 0 amide bonds. The molecule has 0 N–H and O–H groups in total. The van der Waals surface area contributed by atoms with Gasteiger partial charge in [0.1, 0.15) is 8.07 Å². The van der Waals surface area contributed by atoms with Gasteiger partial charge in [-0.15, -0.1) is 0 Å². The van der Waals surface area contributed by atoms with E-state index in [-0.39, 0.29) is 5.92 Å². The summed E-state index contributed by atoms with van der Waals surface area (Å²) in [6, 6.07) is 61.7. The third-order valence-corrected chi connectivity index (χ3v) is 20.6. The third-order valence-electron chi connectivity index (χ3n) is 17.1. The molecule has 1 heteroatoms. The summed E-state index contributed by atoms with van der Waals surface area (Å²) < 4.78 is 0. The SMILES string of the molecule is CC1CC2=C3C(=CC=CC3C1c1c3ccc(C4C=Cc5ccccc5C4)cc3c(-c3ccc4c5c(cccc35)-c3ccccc3-4)c3cc4c(cc13)-c1ccccc1[Si]4(C)C)c1ccccc12. The van der Waals surface area contributed by atoms with E-state index in [1.165, 1.54) is 116 Å². The van der Waals surface area contributed by atoms with Crippen molar-refractivity contribution in [2.75, 3.05) is 0 Å². The molecule has 0 bridgehead atoms. The molecule has 0 radical (unpaired) electrons. The fraction of sp³-hybridized carbons (Fsp3) is 0.138. The summed E-state index contributed by atoms with van der Waals surface area (Å²) in [5.74, 6) is 1.31. The highest BCUT2D eigenvalue weighted by atomic mass is 28.3. The van der Waals surface area contributed by atoms with Crippen molar-refractivity contribution < 1.29 is 0 Å². The molecule has 6 aliphatic rings. The predicted molar refractivity (Wildman–Crippen MR) is 283 cm³/mol. The second-order valence-corrected chi connectivity index (χ2v) is 25.0. The van der Waals surface area contributed by atoms with Crippen molar-refractivity contribution in [3.05, 3.63) is 221 Å². The van der Waals surface area contributed by atoms with E-state index in [9.17, 15) is 0 Å². The zero-order valence-electron chi connectivity index (χ0n) is 37.6. The number of rotatable bonds is 3. The minimum absolute atomic E-state index is 0.285. The molecule has 66 heavy (non-hydrogen) atoms. The van der Waals surface area contributed by atoms with E-state index >= 15 is 0 Å². The number of benzene rings is 9. The molecule has 1 aliphatic heterocycles. The number of fused-ring (bicyclic) bond motifs is 12. The molecule has 312 valence electrons.